The van der Waals surface area contributed by atoms with E-state index in [0.717, 1.165) is 12.8 Å². The van der Waals surface area contributed by atoms with E-state index in [1.807, 2.05) is 11.3 Å². The molecule has 1 aromatic rings. The summed E-state index contributed by atoms with van der Waals surface area (Å²) < 4.78 is 0. The molecular weight excluding hydrogens is 168 g/mol. The molecule has 0 aromatic carbocycles. The molecule has 0 saturated heterocycles. The molecule has 3 unspecified atom stereocenters. The lowest BCUT2D eigenvalue weighted by molar-refractivity contribution is 0.137. The molecule has 1 fully saturated rings. The van der Waals surface area contributed by atoms with E-state index >= 15 is 0 Å². The highest BCUT2D eigenvalue weighted by Gasteiger charge is 2.32. The first kappa shape index (κ1) is 8.27. The third kappa shape index (κ3) is 1.29. The van der Waals surface area contributed by atoms with Gasteiger partial charge >= 0.3 is 0 Å². The second-order valence-electron chi connectivity index (χ2n) is 3.63. The maximum atomic E-state index is 9.57. The Morgan fingerprint density at radius 2 is 2.33 bits per heavy atom. The maximum absolute atomic E-state index is 9.57. The Labute approximate surface area is 77.0 Å². The summed E-state index contributed by atoms with van der Waals surface area (Å²) in [6, 6.07) is 4.28. The highest BCUT2D eigenvalue weighted by atomic mass is 32.1. The van der Waals surface area contributed by atoms with E-state index in [4.69, 9.17) is 0 Å². The van der Waals surface area contributed by atoms with Gasteiger partial charge in [0.15, 0.2) is 0 Å². The van der Waals surface area contributed by atoms with Gasteiger partial charge in [0.25, 0.3) is 0 Å². The molecular formula is C10H14OS. The maximum Gasteiger partial charge on any atom is 0.0572 e. The number of aliphatic hydroxyl groups is 1. The number of hydrogen-bond donors (Lipinski definition) is 1. The lowest BCUT2D eigenvalue weighted by atomic mass is 9.95. The summed E-state index contributed by atoms with van der Waals surface area (Å²) >= 11 is 1.81. The van der Waals surface area contributed by atoms with E-state index < -0.39 is 0 Å². The summed E-state index contributed by atoms with van der Waals surface area (Å²) in [6.45, 7) is 2.15. The normalized spacial score (nSPS) is 35.7. The minimum atomic E-state index is -0.0721. The number of rotatable bonds is 1. The van der Waals surface area contributed by atoms with Gasteiger partial charge in [-0.05, 0) is 36.1 Å². The number of aliphatic hydroxyl groups excluding tert-OH is 1. The van der Waals surface area contributed by atoms with Crippen molar-refractivity contribution < 1.29 is 5.11 Å². The minimum absolute atomic E-state index is 0.0721. The zero-order chi connectivity index (χ0) is 8.55. The summed E-state index contributed by atoms with van der Waals surface area (Å²) in [6.07, 6.45) is 2.06. The van der Waals surface area contributed by atoms with Crippen LogP contribution < -0.4 is 0 Å². The Morgan fingerprint density at radius 1 is 1.50 bits per heavy atom. The Balaban J connectivity index is 2.16. The molecule has 1 aromatic heterocycles. The van der Waals surface area contributed by atoms with Crippen LogP contribution in [0.1, 0.15) is 30.6 Å². The predicted molar refractivity (Wildman–Crippen MR) is 51.5 cm³/mol. The van der Waals surface area contributed by atoms with Crippen molar-refractivity contribution in [3.05, 3.63) is 22.4 Å². The second-order valence-corrected chi connectivity index (χ2v) is 4.60. The summed E-state index contributed by atoms with van der Waals surface area (Å²) in [5.41, 5.74) is 0. The van der Waals surface area contributed by atoms with Crippen LogP contribution in [0.5, 0.6) is 0 Å². The van der Waals surface area contributed by atoms with Gasteiger partial charge in [0, 0.05) is 4.88 Å². The van der Waals surface area contributed by atoms with Crippen LogP contribution in [-0.2, 0) is 0 Å². The molecule has 1 aliphatic rings. The van der Waals surface area contributed by atoms with Crippen LogP contribution in [0.3, 0.4) is 0 Å². The van der Waals surface area contributed by atoms with Crippen LogP contribution in [-0.4, -0.2) is 11.2 Å². The first-order valence-electron chi connectivity index (χ1n) is 4.50. The quantitative estimate of drug-likeness (QED) is 0.708. The van der Waals surface area contributed by atoms with Crippen molar-refractivity contribution in [2.45, 2.75) is 31.8 Å². The highest BCUT2D eigenvalue weighted by Crippen LogP contribution is 2.40. The Hall–Kier alpha value is -0.340. The van der Waals surface area contributed by atoms with Crippen LogP contribution in [0.25, 0.3) is 0 Å². The molecule has 66 valence electrons. The van der Waals surface area contributed by atoms with E-state index in [0.29, 0.717) is 11.8 Å². The van der Waals surface area contributed by atoms with Gasteiger partial charge in [-0.25, -0.2) is 0 Å². The van der Waals surface area contributed by atoms with Crippen molar-refractivity contribution in [3.8, 4) is 0 Å². The fourth-order valence-electron chi connectivity index (χ4n) is 2.05. The molecule has 1 heterocycles. The molecule has 1 saturated carbocycles. The predicted octanol–water partition coefficient (Wildman–Crippen LogP) is 2.62. The van der Waals surface area contributed by atoms with E-state index in [1.165, 1.54) is 4.88 Å². The molecule has 0 amide bonds. The Morgan fingerprint density at radius 3 is 2.83 bits per heavy atom. The lowest BCUT2D eigenvalue weighted by Crippen LogP contribution is -2.13. The summed E-state index contributed by atoms with van der Waals surface area (Å²) in [5, 5.41) is 11.7. The van der Waals surface area contributed by atoms with Crippen LogP contribution in [0.2, 0.25) is 0 Å². The van der Waals surface area contributed by atoms with Gasteiger partial charge in [0.05, 0.1) is 6.10 Å². The topological polar surface area (TPSA) is 20.2 Å². The first-order valence-corrected chi connectivity index (χ1v) is 5.38. The van der Waals surface area contributed by atoms with Gasteiger partial charge in [-0.2, -0.15) is 0 Å². The average Bonchev–Trinajstić information content (AvgIpc) is 2.64. The zero-order valence-electron chi connectivity index (χ0n) is 7.23. The van der Waals surface area contributed by atoms with Crippen molar-refractivity contribution in [1.29, 1.82) is 0 Å². The van der Waals surface area contributed by atoms with E-state index in [-0.39, 0.29) is 6.10 Å². The molecule has 0 radical (unpaired) electrons. The third-order valence-corrected chi connectivity index (χ3v) is 3.93. The van der Waals surface area contributed by atoms with Crippen molar-refractivity contribution in [1.82, 2.24) is 0 Å². The molecule has 3 atom stereocenters. The SMILES string of the molecule is CC1C(O)CCC1c1cccs1. The monoisotopic (exact) mass is 182 g/mol. The highest BCUT2D eigenvalue weighted by molar-refractivity contribution is 7.10. The average molecular weight is 182 g/mol. The number of hydrogen-bond acceptors (Lipinski definition) is 2. The van der Waals surface area contributed by atoms with E-state index in [2.05, 4.69) is 24.4 Å². The minimum Gasteiger partial charge on any atom is -0.393 e. The standard InChI is InChI=1S/C10H14OS/c1-7-8(4-5-9(7)11)10-3-2-6-12-10/h2-3,6-9,11H,4-5H2,1H3. The largest absolute Gasteiger partial charge is 0.393 e. The van der Waals surface area contributed by atoms with Gasteiger partial charge in [-0.1, -0.05) is 13.0 Å². The molecule has 12 heavy (non-hydrogen) atoms. The van der Waals surface area contributed by atoms with E-state index in [1.54, 1.807) is 0 Å². The van der Waals surface area contributed by atoms with Gasteiger partial charge in [-0.15, -0.1) is 11.3 Å². The number of thiophene rings is 1. The smallest absolute Gasteiger partial charge is 0.0572 e. The molecule has 1 N–H and O–H groups in total. The van der Waals surface area contributed by atoms with Gasteiger partial charge in [0.1, 0.15) is 0 Å². The second kappa shape index (κ2) is 3.19. The van der Waals surface area contributed by atoms with Crippen LogP contribution in [0.4, 0.5) is 0 Å². The lowest BCUT2D eigenvalue weighted by Gasteiger charge is -2.15. The molecule has 0 aliphatic heterocycles. The first-order chi connectivity index (χ1) is 5.79. The third-order valence-electron chi connectivity index (χ3n) is 2.92. The summed E-state index contributed by atoms with van der Waals surface area (Å²) in [5.74, 6) is 1.06. The Bertz CT molecular complexity index is 242. The van der Waals surface area contributed by atoms with Crippen LogP contribution >= 0.6 is 11.3 Å². The van der Waals surface area contributed by atoms with Crippen molar-refractivity contribution >= 4 is 11.3 Å². The van der Waals surface area contributed by atoms with Crippen molar-refractivity contribution in [2.24, 2.45) is 5.92 Å². The molecule has 1 nitrogen and oxygen atoms in total. The fourth-order valence-corrected chi connectivity index (χ4v) is 3.03. The van der Waals surface area contributed by atoms with Crippen LogP contribution in [0.15, 0.2) is 17.5 Å². The molecule has 0 bridgehead atoms. The molecule has 0 spiro atoms. The zero-order valence-corrected chi connectivity index (χ0v) is 8.05. The van der Waals surface area contributed by atoms with Gasteiger partial charge < -0.3 is 5.11 Å². The van der Waals surface area contributed by atoms with Crippen molar-refractivity contribution in [3.63, 3.8) is 0 Å². The Kier molecular flexibility index (Phi) is 2.20. The van der Waals surface area contributed by atoms with Crippen LogP contribution in [0, 0.1) is 5.92 Å². The fraction of sp³-hybridized carbons (Fsp3) is 0.600. The van der Waals surface area contributed by atoms with Crippen molar-refractivity contribution in [2.75, 3.05) is 0 Å². The molecule has 2 heteroatoms. The molecule has 2 rings (SSSR count). The van der Waals surface area contributed by atoms with Gasteiger partial charge in [-0.3, -0.25) is 0 Å². The molecule has 1 aliphatic carbocycles. The van der Waals surface area contributed by atoms with Gasteiger partial charge in [0.2, 0.25) is 0 Å². The summed E-state index contributed by atoms with van der Waals surface area (Å²) in [7, 11) is 0. The summed E-state index contributed by atoms with van der Waals surface area (Å²) in [4.78, 5) is 1.44. The van der Waals surface area contributed by atoms with E-state index in [9.17, 15) is 5.11 Å².